The molecule has 5 heteroatoms. The quantitative estimate of drug-likeness (QED) is 0.496. The molecule has 28 heavy (non-hydrogen) atoms. The second-order valence-corrected chi connectivity index (χ2v) is 9.27. The molecular weight excluding hydrogens is 356 g/mol. The predicted octanol–water partition coefficient (Wildman–Crippen LogP) is 4.41. The Morgan fingerprint density at radius 2 is 1.93 bits per heavy atom. The molecule has 0 spiro atoms. The summed E-state index contributed by atoms with van der Waals surface area (Å²) in [5.74, 6) is -0.296. The number of carbonyl (C=O) groups excluding carboxylic acids is 3. The molecule has 0 aliphatic heterocycles. The minimum atomic E-state index is -0.448. The topological polar surface area (TPSA) is 69.7 Å². The third-order valence-corrected chi connectivity index (χ3v) is 6.72. The molecule has 0 aromatic rings. The van der Waals surface area contributed by atoms with Crippen LogP contribution in [0.5, 0.6) is 0 Å². The molecule has 1 saturated carbocycles. The van der Waals surface area contributed by atoms with Gasteiger partial charge in [-0.2, -0.15) is 0 Å². The summed E-state index contributed by atoms with van der Waals surface area (Å²) in [6.45, 7) is 10.2. The van der Waals surface area contributed by atoms with E-state index in [1.54, 1.807) is 0 Å². The molecule has 2 aliphatic rings. The summed E-state index contributed by atoms with van der Waals surface area (Å²) in [4.78, 5) is 35.8. The van der Waals surface area contributed by atoms with Gasteiger partial charge in [-0.15, -0.1) is 0 Å². The normalized spacial score (nSPS) is 29.6. The zero-order chi connectivity index (χ0) is 21.1. The first-order chi connectivity index (χ1) is 13.0. The first-order valence-corrected chi connectivity index (χ1v) is 10.1. The molecule has 3 unspecified atom stereocenters. The van der Waals surface area contributed by atoms with Crippen molar-refractivity contribution in [3.05, 3.63) is 23.3 Å². The Hall–Kier alpha value is -1.91. The van der Waals surface area contributed by atoms with Crippen LogP contribution in [0.25, 0.3) is 0 Å². The fourth-order valence-corrected chi connectivity index (χ4v) is 5.61. The number of ether oxygens (including phenoxy) is 2. The fourth-order valence-electron chi connectivity index (χ4n) is 5.61. The zero-order valence-corrected chi connectivity index (χ0v) is 18.1. The maximum Gasteiger partial charge on any atom is 0.330 e. The van der Waals surface area contributed by atoms with Crippen LogP contribution < -0.4 is 0 Å². The maximum atomic E-state index is 12.9. The summed E-state index contributed by atoms with van der Waals surface area (Å²) >= 11 is 0. The van der Waals surface area contributed by atoms with Crippen LogP contribution in [-0.2, 0) is 23.9 Å². The second-order valence-electron chi connectivity index (χ2n) is 9.27. The van der Waals surface area contributed by atoms with Crippen molar-refractivity contribution < 1.29 is 23.9 Å². The first-order valence-electron chi connectivity index (χ1n) is 10.1. The lowest BCUT2D eigenvalue weighted by atomic mass is 9.48. The van der Waals surface area contributed by atoms with Gasteiger partial charge in [0.2, 0.25) is 0 Å². The van der Waals surface area contributed by atoms with Crippen molar-refractivity contribution in [2.24, 2.45) is 22.7 Å². The number of carbonyl (C=O) groups is 3. The highest BCUT2D eigenvalue weighted by atomic mass is 16.5. The third-order valence-electron chi connectivity index (χ3n) is 6.72. The van der Waals surface area contributed by atoms with E-state index in [9.17, 15) is 14.4 Å². The van der Waals surface area contributed by atoms with E-state index in [1.165, 1.54) is 20.1 Å². The minimum absolute atomic E-state index is 0.0119. The van der Waals surface area contributed by atoms with Crippen LogP contribution in [0.3, 0.4) is 0 Å². The standard InChI is InChI=1S/C23H34O5/c1-15-12-19(25)21-22(3,4)10-7-11-23(21,5)18(15)9-8-17(13-20(26)27-6)14-28-16(2)24/h12-13,18,21H,7-11,14H2,1-6H3. The number of fused-ring (bicyclic) bond motifs is 1. The number of esters is 2. The number of hydrogen-bond donors (Lipinski definition) is 0. The Morgan fingerprint density at radius 3 is 2.54 bits per heavy atom. The van der Waals surface area contributed by atoms with Crippen molar-refractivity contribution in [3.63, 3.8) is 0 Å². The van der Waals surface area contributed by atoms with Gasteiger partial charge in [-0.3, -0.25) is 9.59 Å². The Labute approximate surface area is 168 Å². The molecule has 2 rings (SSSR count). The molecule has 0 heterocycles. The molecule has 0 aromatic carbocycles. The van der Waals surface area contributed by atoms with E-state index >= 15 is 0 Å². The van der Waals surface area contributed by atoms with Gasteiger partial charge in [-0.25, -0.2) is 4.79 Å². The maximum absolute atomic E-state index is 12.9. The van der Waals surface area contributed by atoms with Crippen molar-refractivity contribution in [2.45, 2.75) is 66.7 Å². The van der Waals surface area contributed by atoms with Gasteiger partial charge in [0.15, 0.2) is 5.78 Å². The predicted molar refractivity (Wildman–Crippen MR) is 107 cm³/mol. The van der Waals surface area contributed by atoms with E-state index < -0.39 is 5.97 Å². The van der Waals surface area contributed by atoms with E-state index in [-0.39, 0.29) is 41.0 Å². The van der Waals surface area contributed by atoms with Gasteiger partial charge in [0.25, 0.3) is 0 Å². The lowest BCUT2D eigenvalue weighted by molar-refractivity contribution is -0.141. The van der Waals surface area contributed by atoms with Crippen LogP contribution in [0.1, 0.15) is 66.7 Å². The highest BCUT2D eigenvalue weighted by molar-refractivity contribution is 5.95. The van der Waals surface area contributed by atoms with Gasteiger partial charge in [0.1, 0.15) is 6.61 Å². The molecule has 3 atom stereocenters. The Bertz CT molecular complexity index is 700. The van der Waals surface area contributed by atoms with Gasteiger partial charge in [0, 0.05) is 18.9 Å². The van der Waals surface area contributed by atoms with Crippen molar-refractivity contribution in [2.75, 3.05) is 13.7 Å². The number of rotatable bonds is 6. The molecule has 1 fully saturated rings. The van der Waals surface area contributed by atoms with Crippen LogP contribution in [0.15, 0.2) is 23.3 Å². The summed E-state index contributed by atoms with van der Waals surface area (Å²) in [5, 5.41) is 0. The molecule has 5 nitrogen and oxygen atoms in total. The summed E-state index contributed by atoms with van der Waals surface area (Å²) in [6.07, 6.45) is 7.90. The molecule has 0 bridgehead atoms. The molecule has 0 radical (unpaired) electrons. The largest absolute Gasteiger partial charge is 0.466 e. The van der Waals surface area contributed by atoms with E-state index in [4.69, 9.17) is 9.47 Å². The van der Waals surface area contributed by atoms with Gasteiger partial charge in [-0.1, -0.05) is 32.8 Å². The van der Waals surface area contributed by atoms with Crippen molar-refractivity contribution in [1.29, 1.82) is 0 Å². The van der Waals surface area contributed by atoms with Gasteiger partial charge >= 0.3 is 11.9 Å². The van der Waals surface area contributed by atoms with Crippen LogP contribution >= 0.6 is 0 Å². The summed E-state index contributed by atoms with van der Waals surface area (Å²) in [6, 6.07) is 0. The summed E-state index contributed by atoms with van der Waals surface area (Å²) in [5.41, 5.74) is 1.76. The number of methoxy groups -OCH3 is 1. The van der Waals surface area contributed by atoms with Crippen LogP contribution in [0, 0.1) is 22.7 Å². The fraction of sp³-hybridized carbons (Fsp3) is 0.696. The van der Waals surface area contributed by atoms with Crippen molar-refractivity contribution >= 4 is 17.7 Å². The molecule has 0 saturated heterocycles. The molecule has 0 aromatic heterocycles. The third kappa shape index (κ3) is 4.73. The van der Waals surface area contributed by atoms with Crippen molar-refractivity contribution in [3.8, 4) is 0 Å². The second kappa shape index (κ2) is 8.62. The average molecular weight is 391 g/mol. The number of hydrogen-bond acceptors (Lipinski definition) is 5. The molecular formula is C23H34O5. The molecule has 156 valence electrons. The van der Waals surface area contributed by atoms with Gasteiger partial charge in [-0.05, 0) is 61.0 Å². The first kappa shape index (κ1) is 22.4. The minimum Gasteiger partial charge on any atom is -0.466 e. The average Bonchev–Trinajstić information content (AvgIpc) is 2.57. The van der Waals surface area contributed by atoms with Gasteiger partial charge < -0.3 is 9.47 Å². The van der Waals surface area contributed by atoms with E-state index in [0.717, 1.165) is 36.8 Å². The zero-order valence-electron chi connectivity index (χ0n) is 18.1. The monoisotopic (exact) mass is 390 g/mol. The Kier molecular flexibility index (Phi) is 6.89. The summed E-state index contributed by atoms with van der Waals surface area (Å²) in [7, 11) is 1.33. The molecule has 0 amide bonds. The van der Waals surface area contributed by atoms with Crippen LogP contribution in [0.2, 0.25) is 0 Å². The Morgan fingerprint density at radius 1 is 1.25 bits per heavy atom. The Balaban J connectivity index is 2.25. The van der Waals surface area contributed by atoms with Crippen LogP contribution in [-0.4, -0.2) is 31.4 Å². The number of allylic oxidation sites excluding steroid dienone is 2. The molecule has 2 aliphatic carbocycles. The summed E-state index contributed by atoms with van der Waals surface area (Å²) < 4.78 is 9.85. The number of ketones is 1. The molecule has 0 N–H and O–H groups in total. The lowest BCUT2D eigenvalue weighted by Gasteiger charge is -2.55. The van der Waals surface area contributed by atoms with Crippen LogP contribution in [0.4, 0.5) is 0 Å². The van der Waals surface area contributed by atoms with E-state index in [2.05, 4.69) is 20.8 Å². The SMILES string of the molecule is COC(=O)C=C(CCC1C(C)=CC(=O)C2C(C)(C)CCCC12C)COC(C)=O. The highest BCUT2D eigenvalue weighted by Crippen LogP contribution is 2.59. The lowest BCUT2D eigenvalue weighted by Crippen LogP contribution is -2.52. The van der Waals surface area contributed by atoms with Crippen molar-refractivity contribution in [1.82, 2.24) is 0 Å². The van der Waals surface area contributed by atoms with E-state index in [0.29, 0.717) is 6.42 Å². The smallest absolute Gasteiger partial charge is 0.330 e. The highest BCUT2D eigenvalue weighted by Gasteiger charge is 2.55. The van der Waals surface area contributed by atoms with Gasteiger partial charge in [0.05, 0.1) is 7.11 Å². The van der Waals surface area contributed by atoms with E-state index in [1.807, 2.05) is 13.0 Å².